The van der Waals surface area contributed by atoms with Gasteiger partial charge in [0, 0.05) is 9.50 Å². The average Bonchev–Trinajstić information content (AvgIpc) is 2.56. The third-order valence-corrected chi connectivity index (χ3v) is 4.43. The number of methoxy groups -OCH3 is 1. The summed E-state index contributed by atoms with van der Waals surface area (Å²) in [5.74, 6) is 0.103. The molecule has 0 aliphatic rings. The number of quaternary nitrogens is 1. The van der Waals surface area contributed by atoms with E-state index in [0.717, 1.165) is 9.37 Å². The highest BCUT2D eigenvalue weighted by Crippen LogP contribution is 2.27. The Bertz CT molecular complexity index is 801. The predicted molar refractivity (Wildman–Crippen MR) is 106 cm³/mol. The van der Waals surface area contributed by atoms with Gasteiger partial charge in [0.05, 0.1) is 25.5 Å². The van der Waals surface area contributed by atoms with Crippen LogP contribution in [-0.4, -0.2) is 39.1 Å². The van der Waals surface area contributed by atoms with Crippen LogP contribution in [0.5, 0.6) is 5.75 Å². The van der Waals surface area contributed by atoms with E-state index >= 15 is 0 Å². The average molecular weight is 442 g/mol. The van der Waals surface area contributed by atoms with Crippen molar-refractivity contribution in [2.24, 2.45) is 0 Å². The SMILES string of the molecule is COc1ccc(Cl)cc1NC(=O)C[NH+](C)CC(=O)Nc1ccccc1Br. The van der Waals surface area contributed by atoms with Gasteiger partial charge in [-0.3, -0.25) is 9.59 Å². The van der Waals surface area contributed by atoms with E-state index in [1.54, 1.807) is 31.3 Å². The second-order valence-electron chi connectivity index (χ2n) is 5.73. The second kappa shape index (κ2) is 9.56. The van der Waals surface area contributed by atoms with Crippen LogP contribution in [0.15, 0.2) is 46.9 Å². The summed E-state index contributed by atoms with van der Waals surface area (Å²) in [5.41, 5.74) is 1.19. The quantitative estimate of drug-likeness (QED) is 0.617. The summed E-state index contributed by atoms with van der Waals surface area (Å²) < 4.78 is 6.00. The zero-order valence-electron chi connectivity index (χ0n) is 14.4. The van der Waals surface area contributed by atoms with Crippen LogP contribution in [0.2, 0.25) is 5.02 Å². The molecule has 0 bridgehead atoms. The van der Waals surface area contributed by atoms with Gasteiger partial charge in [-0.1, -0.05) is 23.7 Å². The first-order valence-corrected chi connectivity index (χ1v) is 9.05. The molecule has 0 fully saturated rings. The van der Waals surface area contributed by atoms with Crippen LogP contribution in [0.1, 0.15) is 0 Å². The highest BCUT2D eigenvalue weighted by Gasteiger charge is 2.16. The molecular weight excluding hydrogens is 422 g/mol. The van der Waals surface area contributed by atoms with Crippen LogP contribution >= 0.6 is 27.5 Å². The molecule has 0 saturated heterocycles. The molecular formula is C18H20BrClN3O3+. The molecule has 6 nitrogen and oxygen atoms in total. The summed E-state index contributed by atoms with van der Waals surface area (Å²) in [5, 5.41) is 6.07. The molecule has 2 rings (SSSR count). The first-order chi connectivity index (χ1) is 12.4. The lowest BCUT2D eigenvalue weighted by molar-refractivity contribution is -0.862. The second-order valence-corrected chi connectivity index (χ2v) is 7.02. The van der Waals surface area contributed by atoms with Gasteiger partial charge in [-0.05, 0) is 46.3 Å². The Balaban J connectivity index is 1.88. The summed E-state index contributed by atoms with van der Waals surface area (Å²) in [7, 11) is 3.29. The Morgan fingerprint density at radius 3 is 2.31 bits per heavy atom. The monoisotopic (exact) mass is 440 g/mol. The number of rotatable bonds is 7. The molecule has 0 radical (unpaired) electrons. The smallest absolute Gasteiger partial charge is 0.279 e. The largest absolute Gasteiger partial charge is 0.495 e. The van der Waals surface area contributed by atoms with Gasteiger partial charge in [0.25, 0.3) is 11.8 Å². The lowest BCUT2D eigenvalue weighted by Gasteiger charge is -2.15. The molecule has 8 heteroatoms. The number of ether oxygens (including phenoxy) is 1. The molecule has 138 valence electrons. The van der Waals surface area contributed by atoms with E-state index in [1.165, 1.54) is 7.11 Å². The van der Waals surface area contributed by atoms with Crippen molar-refractivity contribution < 1.29 is 19.2 Å². The van der Waals surface area contributed by atoms with Crippen LogP contribution in [-0.2, 0) is 9.59 Å². The molecule has 0 aromatic heterocycles. The fourth-order valence-electron chi connectivity index (χ4n) is 2.34. The number of hydrogen-bond acceptors (Lipinski definition) is 3. The molecule has 0 heterocycles. The molecule has 0 aliphatic heterocycles. The minimum Gasteiger partial charge on any atom is -0.495 e. The standard InChI is InChI=1S/C18H19BrClN3O3/c1-23(10-17(24)21-14-6-4-3-5-13(14)19)11-18(25)22-15-9-12(20)7-8-16(15)26-2/h3-9H,10-11H2,1-2H3,(H,21,24)(H,22,25)/p+1. The Morgan fingerprint density at radius 2 is 1.69 bits per heavy atom. The number of halogens is 2. The minimum atomic E-state index is -0.239. The van der Waals surface area contributed by atoms with Crippen LogP contribution in [0.25, 0.3) is 0 Å². The normalized spacial score (nSPS) is 11.5. The van der Waals surface area contributed by atoms with Crippen LogP contribution < -0.4 is 20.3 Å². The third kappa shape index (κ3) is 6.01. The van der Waals surface area contributed by atoms with Crippen LogP contribution in [0.4, 0.5) is 11.4 Å². The van der Waals surface area contributed by atoms with Gasteiger partial charge in [-0.2, -0.15) is 0 Å². The van der Waals surface area contributed by atoms with Crippen molar-refractivity contribution in [2.45, 2.75) is 0 Å². The van der Waals surface area contributed by atoms with Gasteiger partial charge in [0.15, 0.2) is 13.1 Å². The molecule has 2 amide bonds. The zero-order chi connectivity index (χ0) is 19.1. The summed E-state index contributed by atoms with van der Waals surface area (Å²) >= 11 is 9.33. The van der Waals surface area contributed by atoms with E-state index in [9.17, 15) is 9.59 Å². The molecule has 2 aromatic carbocycles. The summed E-state index contributed by atoms with van der Waals surface area (Å²) in [4.78, 5) is 25.1. The van der Waals surface area contributed by atoms with Crippen molar-refractivity contribution in [3.63, 3.8) is 0 Å². The van der Waals surface area contributed by atoms with Gasteiger partial charge >= 0.3 is 0 Å². The zero-order valence-corrected chi connectivity index (χ0v) is 16.8. The van der Waals surface area contributed by atoms with Crippen molar-refractivity contribution in [1.29, 1.82) is 0 Å². The first kappa shape index (κ1) is 20.2. The lowest BCUT2D eigenvalue weighted by atomic mass is 10.3. The van der Waals surface area contributed by atoms with Gasteiger partial charge in [-0.15, -0.1) is 0 Å². The number of carbonyl (C=O) groups excluding carboxylic acids is 2. The fraction of sp³-hybridized carbons (Fsp3) is 0.222. The van der Waals surface area contributed by atoms with E-state index in [2.05, 4.69) is 26.6 Å². The van der Waals surface area contributed by atoms with Crippen molar-refractivity contribution in [1.82, 2.24) is 0 Å². The topological polar surface area (TPSA) is 71.9 Å². The number of para-hydroxylation sites is 1. The molecule has 26 heavy (non-hydrogen) atoms. The molecule has 3 N–H and O–H groups in total. The van der Waals surface area contributed by atoms with E-state index in [1.807, 2.05) is 18.2 Å². The number of nitrogens with one attached hydrogen (secondary N) is 3. The van der Waals surface area contributed by atoms with Gasteiger partial charge in [0.2, 0.25) is 0 Å². The molecule has 0 spiro atoms. The lowest BCUT2D eigenvalue weighted by Crippen LogP contribution is -3.11. The maximum Gasteiger partial charge on any atom is 0.279 e. The van der Waals surface area contributed by atoms with Crippen molar-refractivity contribution in [3.05, 3.63) is 52.0 Å². The Kier molecular flexibility index (Phi) is 7.44. The Morgan fingerprint density at radius 1 is 1.08 bits per heavy atom. The maximum atomic E-state index is 12.2. The highest BCUT2D eigenvalue weighted by atomic mass is 79.9. The predicted octanol–water partition coefficient (Wildman–Crippen LogP) is 2.20. The van der Waals surface area contributed by atoms with Gasteiger partial charge in [0.1, 0.15) is 5.75 Å². The van der Waals surface area contributed by atoms with Crippen molar-refractivity contribution >= 4 is 50.7 Å². The van der Waals surface area contributed by atoms with E-state index in [0.29, 0.717) is 22.1 Å². The van der Waals surface area contributed by atoms with E-state index in [-0.39, 0.29) is 24.9 Å². The fourth-order valence-corrected chi connectivity index (χ4v) is 2.90. The first-order valence-electron chi connectivity index (χ1n) is 7.88. The number of amides is 2. The number of benzene rings is 2. The van der Waals surface area contributed by atoms with Crippen molar-refractivity contribution in [3.8, 4) is 5.75 Å². The summed E-state index contributed by atoms with van der Waals surface area (Å²) in [6.07, 6.45) is 0. The van der Waals surface area contributed by atoms with E-state index < -0.39 is 0 Å². The molecule has 2 aromatic rings. The number of hydrogen-bond donors (Lipinski definition) is 3. The Hall–Kier alpha value is -2.09. The van der Waals surface area contributed by atoms with Crippen LogP contribution in [0.3, 0.4) is 0 Å². The van der Waals surface area contributed by atoms with Gasteiger partial charge < -0.3 is 20.3 Å². The summed E-state index contributed by atoms with van der Waals surface area (Å²) in [6, 6.07) is 12.3. The van der Waals surface area contributed by atoms with E-state index in [4.69, 9.17) is 16.3 Å². The highest BCUT2D eigenvalue weighted by molar-refractivity contribution is 9.10. The van der Waals surface area contributed by atoms with Crippen LogP contribution in [0, 0.1) is 0 Å². The Labute approximate surface area is 165 Å². The van der Waals surface area contributed by atoms with Crippen molar-refractivity contribution in [2.75, 3.05) is 37.9 Å². The minimum absolute atomic E-state index is 0.124. The summed E-state index contributed by atoms with van der Waals surface area (Å²) in [6.45, 7) is 0.278. The number of carbonyl (C=O) groups is 2. The molecule has 0 aliphatic carbocycles. The molecule has 1 atom stereocenters. The maximum absolute atomic E-state index is 12.2. The number of likely N-dealkylation sites (N-methyl/N-ethyl adjacent to an activating group) is 1. The third-order valence-electron chi connectivity index (χ3n) is 3.51. The van der Waals surface area contributed by atoms with Gasteiger partial charge in [-0.25, -0.2) is 0 Å². The molecule has 1 unspecified atom stereocenters. The molecule has 0 saturated carbocycles. The number of anilines is 2.